The van der Waals surface area contributed by atoms with Crippen molar-refractivity contribution in [1.29, 1.82) is 0 Å². The molecular formula is C24H34N4O6S. The molecule has 3 rings (SSSR count). The number of imide groups is 1. The molecule has 11 heteroatoms. The Morgan fingerprint density at radius 2 is 1.89 bits per heavy atom. The third kappa shape index (κ3) is 6.82. The summed E-state index contributed by atoms with van der Waals surface area (Å²) in [6, 6.07) is 3.88. The summed E-state index contributed by atoms with van der Waals surface area (Å²) in [5.74, 6) is -0.797. The first-order chi connectivity index (χ1) is 18.6. The summed E-state index contributed by atoms with van der Waals surface area (Å²) < 4.78 is 65.1. The van der Waals surface area contributed by atoms with Gasteiger partial charge in [-0.15, -0.1) is 0 Å². The lowest BCUT2D eigenvalue weighted by atomic mass is 9.87. The molecule has 0 saturated heterocycles. The standard InChI is InChI=1S/C24H34N4O6S/c1-3-21-16(2)14-28(22(21)30)24(32)25-13-12-17-6-10-20(11-7-17)35(33,34)27-23(31)26-19-8-4-18(15-29)5-9-19/h6-7,10-11,18-19,29H,3-5,8-9,12-15H2,1-2H3,(H,25,32)(H2,26,27,31)/i1D3,3D2. The minimum atomic E-state index is -4.12. The average molecular weight is 512 g/mol. The number of aliphatic hydroxyl groups excluding tert-OH is 1. The molecule has 1 fully saturated rings. The molecule has 35 heavy (non-hydrogen) atoms. The number of hydrogen-bond acceptors (Lipinski definition) is 6. The lowest BCUT2D eigenvalue weighted by Gasteiger charge is -2.27. The van der Waals surface area contributed by atoms with Gasteiger partial charge in [-0.3, -0.25) is 9.69 Å². The van der Waals surface area contributed by atoms with E-state index in [1.807, 2.05) is 4.72 Å². The summed E-state index contributed by atoms with van der Waals surface area (Å²) >= 11 is 0. The number of benzene rings is 1. The van der Waals surface area contributed by atoms with E-state index in [1.54, 1.807) is 0 Å². The second-order valence-electron chi connectivity index (χ2n) is 8.78. The van der Waals surface area contributed by atoms with E-state index in [9.17, 15) is 27.9 Å². The second kappa shape index (κ2) is 11.7. The molecular weight excluding hydrogens is 472 g/mol. The lowest BCUT2D eigenvalue weighted by Crippen LogP contribution is -2.45. The van der Waals surface area contributed by atoms with Gasteiger partial charge in [0.1, 0.15) is 0 Å². The second-order valence-corrected chi connectivity index (χ2v) is 10.5. The largest absolute Gasteiger partial charge is 0.396 e. The monoisotopic (exact) mass is 511 g/mol. The fraction of sp³-hybridized carbons (Fsp3) is 0.542. The Labute approximate surface area is 213 Å². The van der Waals surface area contributed by atoms with Gasteiger partial charge in [0.05, 0.1) is 11.4 Å². The molecule has 1 aliphatic carbocycles. The molecule has 2 aliphatic rings. The quantitative estimate of drug-likeness (QED) is 0.420. The van der Waals surface area contributed by atoms with Crippen LogP contribution in [0.25, 0.3) is 0 Å². The zero-order valence-corrected chi connectivity index (χ0v) is 20.3. The van der Waals surface area contributed by atoms with Crippen LogP contribution in [0.3, 0.4) is 0 Å². The minimum Gasteiger partial charge on any atom is -0.396 e. The number of sulfonamides is 1. The van der Waals surface area contributed by atoms with E-state index >= 15 is 0 Å². The molecule has 5 amide bonds. The molecule has 192 valence electrons. The summed E-state index contributed by atoms with van der Waals surface area (Å²) in [6.45, 7) is -1.74. The SMILES string of the molecule is [2H]C([2H])([2H])C([2H])([2H])C1=C(C)CN(C(=O)NCCc2ccc(S(=O)(=O)NC(=O)NC3CCC(CO)CC3)cc2)C1=O. The van der Waals surface area contributed by atoms with Crippen LogP contribution in [0.1, 0.15) is 58.2 Å². The summed E-state index contributed by atoms with van der Waals surface area (Å²) in [6.07, 6.45) is 0.192. The summed E-state index contributed by atoms with van der Waals surface area (Å²) in [7, 11) is -4.12. The molecule has 1 saturated carbocycles. The molecule has 0 bridgehead atoms. The number of nitrogens with one attached hydrogen (secondary N) is 3. The molecule has 4 N–H and O–H groups in total. The number of nitrogens with zero attached hydrogens (tertiary/aromatic N) is 1. The van der Waals surface area contributed by atoms with Crippen molar-refractivity contribution in [3.8, 4) is 0 Å². The Morgan fingerprint density at radius 1 is 1.20 bits per heavy atom. The summed E-state index contributed by atoms with van der Waals surface area (Å²) in [4.78, 5) is 38.0. The molecule has 0 radical (unpaired) electrons. The zero-order chi connectivity index (χ0) is 29.9. The van der Waals surface area contributed by atoms with Gasteiger partial charge in [-0.25, -0.2) is 22.7 Å². The van der Waals surface area contributed by atoms with Gasteiger partial charge in [-0.2, -0.15) is 0 Å². The highest BCUT2D eigenvalue weighted by atomic mass is 32.2. The van der Waals surface area contributed by atoms with Crippen LogP contribution in [-0.4, -0.2) is 62.1 Å². The van der Waals surface area contributed by atoms with Crippen molar-refractivity contribution in [2.24, 2.45) is 5.92 Å². The van der Waals surface area contributed by atoms with Gasteiger partial charge in [-0.05, 0) is 74.6 Å². The van der Waals surface area contributed by atoms with E-state index in [2.05, 4.69) is 10.6 Å². The number of rotatable bonds is 8. The van der Waals surface area contributed by atoms with Crippen molar-refractivity contribution in [2.75, 3.05) is 19.7 Å². The molecule has 0 unspecified atom stereocenters. The van der Waals surface area contributed by atoms with Gasteiger partial charge in [0.2, 0.25) is 0 Å². The van der Waals surface area contributed by atoms with Crippen LogP contribution >= 0.6 is 0 Å². The summed E-state index contributed by atoms with van der Waals surface area (Å²) in [5, 5.41) is 14.4. The van der Waals surface area contributed by atoms with Crippen molar-refractivity contribution in [3.63, 3.8) is 0 Å². The van der Waals surface area contributed by atoms with E-state index < -0.39 is 46.8 Å². The van der Waals surface area contributed by atoms with Crippen molar-refractivity contribution in [1.82, 2.24) is 20.3 Å². The van der Waals surface area contributed by atoms with E-state index in [1.165, 1.54) is 31.2 Å². The summed E-state index contributed by atoms with van der Waals surface area (Å²) in [5.41, 5.74) is 0.274. The normalized spacial score (nSPS) is 23.5. The van der Waals surface area contributed by atoms with E-state index in [4.69, 9.17) is 6.85 Å². The van der Waals surface area contributed by atoms with E-state index in [0.29, 0.717) is 18.4 Å². The molecule has 0 aromatic heterocycles. The predicted molar refractivity (Wildman–Crippen MR) is 130 cm³/mol. The van der Waals surface area contributed by atoms with Crippen LogP contribution in [0.15, 0.2) is 40.3 Å². The molecule has 1 aliphatic heterocycles. The Bertz CT molecular complexity index is 1260. The first-order valence-electron chi connectivity index (χ1n) is 13.9. The van der Waals surface area contributed by atoms with Crippen LogP contribution in [0.2, 0.25) is 0 Å². The van der Waals surface area contributed by atoms with Crippen molar-refractivity contribution in [2.45, 2.75) is 63.2 Å². The van der Waals surface area contributed by atoms with Crippen LogP contribution in [0.4, 0.5) is 9.59 Å². The first-order valence-corrected chi connectivity index (χ1v) is 12.9. The van der Waals surface area contributed by atoms with Gasteiger partial charge in [-0.1, -0.05) is 19.0 Å². The van der Waals surface area contributed by atoms with Crippen LogP contribution in [0.5, 0.6) is 0 Å². The first kappa shape index (κ1) is 20.3. The maximum absolute atomic E-state index is 12.6. The van der Waals surface area contributed by atoms with Gasteiger partial charge >= 0.3 is 12.1 Å². The average Bonchev–Trinajstić information content (AvgIpc) is 3.18. The fourth-order valence-corrected chi connectivity index (χ4v) is 5.07. The Morgan fingerprint density at radius 3 is 2.51 bits per heavy atom. The number of carbonyl (C=O) groups is 3. The molecule has 10 nitrogen and oxygen atoms in total. The lowest BCUT2D eigenvalue weighted by molar-refractivity contribution is -0.123. The number of carbonyl (C=O) groups excluding carboxylic acids is 3. The van der Waals surface area contributed by atoms with Crippen molar-refractivity contribution >= 4 is 28.0 Å². The van der Waals surface area contributed by atoms with Crippen LogP contribution < -0.4 is 15.4 Å². The van der Waals surface area contributed by atoms with E-state index in [0.717, 1.165) is 17.7 Å². The van der Waals surface area contributed by atoms with Gasteiger partial charge < -0.3 is 15.7 Å². The zero-order valence-electron chi connectivity index (χ0n) is 24.5. The van der Waals surface area contributed by atoms with Gasteiger partial charge in [0.25, 0.3) is 15.9 Å². The molecule has 1 heterocycles. The molecule has 0 atom stereocenters. The van der Waals surface area contributed by atoms with Gasteiger partial charge in [0, 0.05) is 31.6 Å². The topological polar surface area (TPSA) is 145 Å². The Hall–Kier alpha value is -2.92. The number of amides is 5. The number of urea groups is 2. The highest BCUT2D eigenvalue weighted by Crippen LogP contribution is 2.24. The van der Waals surface area contributed by atoms with Crippen LogP contribution in [0, 0.1) is 5.92 Å². The third-order valence-electron chi connectivity index (χ3n) is 6.24. The maximum atomic E-state index is 12.6. The van der Waals surface area contributed by atoms with E-state index in [-0.39, 0.29) is 48.5 Å². The molecule has 1 aromatic rings. The van der Waals surface area contributed by atoms with Crippen molar-refractivity contribution < 1.29 is 34.8 Å². The number of aliphatic hydroxyl groups is 1. The Kier molecular flexibility index (Phi) is 6.77. The predicted octanol–water partition coefficient (Wildman–Crippen LogP) is 2.05. The molecule has 0 spiro atoms. The Balaban J connectivity index is 1.49. The molecule has 1 aromatic carbocycles. The minimum absolute atomic E-state index is 0.0639. The highest BCUT2D eigenvalue weighted by Gasteiger charge is 2.31. The van der Waals surface area contributed by atoms with Crippen molar-refractivity contribution in [3.05, 3.63) is 41.0 Å². The van der Waals surface area contributed by atoms with Crippen LogP contribution in [-0.2, 0) is 21.2 Å². The van der Waals surface area contributed by atoms with Gasteiger partial charge in [0.15, 0.2) is 0 Å². The third-order valence-corrected chi connectivity index (χ3v) is 7.59. The highest BCUT2D eigenvalue weighted by molar-refractivity contribution is 7.90. The maximum Gasteiger partial charge on any atom is 0.328 e. The number of hydrogen-bond donors (Lipinski definition) is 4. The smallest absolute Gasteiger partial charge is 0.328 e. The fourth-order valence-electron chi connectivity index (χ4n) is 4.16.